The molecule has 1 atom stereocenters. The van der Waals surface area contributed by atoms with Gasteiger partial charge in [-0.15, -0.1) is 11.3 Å². The number of carbonyl (C=O) groups excluding carboxylic acids is 1. The van der Waals surface area contributed by atoms with Crippen molar-refractivity contribution in [3.8, 4) is 0 Å². The number of thiophene rings is 1. The van der Waals surface area contributed by atoms with Crippen LogP contribution in [-0.2, 0) is 19.6 Å². The zero-order chi connectivity index (χ0) is 17.0. The SMILES string of the molecule is O=C(OCC1CC=CCC1)C1CCN(S(=O)(=O)c2cccs2)CC1. The van der Waals surface area contributed by atoms with E-state index in [1.807, 2.05) is 0 Å². The Morgan fingerprint density at radius 3 is 2.67 bits per heavy atom. The van der Waals surface area contributed by atoms with Crippen molar-refractivity contribution in [2.24, 2.45) is 11.8 Å². The van der Waals surface area contributed by atoms with E-state index < -0.39 is 10.0 Å². The van der Waals surface area contributed by atoms with Crippen molar-refractivity contribution in [3.63, 3.8) is 0 Å². The van der Waals surface area contributed by atoms with E-state index in [9.17, 15) is 13.2 Å². The molecule has 1 aliphatic carbocycles. The summed E-state index contributed by atoms with van der Waals surface area (Å²) in [5.74, 6) is 0.0786. The first-order valence-corrected chi connectivity index (χ1v) is 10.7. The summed E-state index contributed by atoms with van der Waals surface area (Å²) in [6, 6.07) is 3.36. The first-order chi connectivity index (χ1) is 11.6. The second-order valence-electron chi connectivity index (χ2n) is 6.39. The summed E-state index contributed by atoms with van der Waals surface area (Å²) in [5.41, 5.74) is 0. The zero-order valence-electron chi connectivity index (χ0n) is 13.6. The summed E-state index contributed by atoms with van der Waals surface area (Å²) in [5, 5.41) is 1.76. The second-order valence-corrected chi connectivity index (χ2v) is 9.50. The van der Waals surface area contributed by atoms with Gasteiger partial charge in [0.05, 0.1) is 12.5 Å². The van der Waals surface area contributed by atoms with E-state index >= 15 is 0 Å². The molecule has 24 heavy (non-hydrogen) atoms. The van der Waals surface area contributed by atoms with E-state index in [0.717, 1.165) is 19.3 Å². The van der Waals surface area contributed by atoms with Gasteiger partial charge in [-0.2, -0.15) is 4.31 Å². The van der Waals surface area contributed by atoms with Crippen molar-refractivity contribution < 1.29 is 17.9 Å². The summed E-state index contributed by atoms with van der Waals surface area (Å²) in [4.78, 5) is 12.2. The van der Waals surface area contributed by atoms with Gasteiger partial charge in [0.25, 0.3) is 10.0 Å². The normalized spacial score (nSPS) is 23.2. The number of sulfonamides is 1. The number of piperidine rings is 1. The molecule has 0 spiro atoms. The van der Waals surface area contributed by atoms with Gasteiger partial charge in [-0.25, -0.2) is 8.42 Å². The predicted molar refractivity (Wildman–Crippen MR) is 93.2 cm³/mol. The molecule has 1 saturated heterocycles. The minimum atomic E-state index is -3.41. The first-order valence-electron chi connectivity index (χ1n) is 8.42. The molecule has 3 rings (SSSR count). The number of hydrogen-bond acceptors (Lipinski definition) is 5. The van der Waals surface area contributed by atoms with Crippen LogP contribution in [0.25, 0.3) is 0 Å². The van der Waals surface area contributed by atoms with Crippen LogP contribution in [0.2, 0.25) is 0 Å². The van der Waals surface area contributed by atoms with Gasteiger partial charge in [0.1, 0.15) is 4.21 Å². The Morgan fingerprint density at radius 1 is 1.25 bits per heavy atom. The fourth-order valence-corrected chi connectivity index (χ4v) is 5.81. The summed E-state index contributed by atoms with van der Waals surface area (Å²) in [6.07, 6.45) is 8.49. The molecule has 132 valence electrons. The molecule has 1 aromatic heterocycles. The Labute approximate surface area is 147 Å². The maximum Gasteiger partial charge on any atom is 0.309 e. The lowest BCUT2D eigenvalue weighted by atomic mass is 9.95. The molecule has 2 aliphatic rings. The molecular weight excluding hydrogens is 346 g/mol. The fourth-order valence-electron chi connectivity index (χ4n) is 3.19. The van der Waals surface area contributed by atoms with E-state index in [1.54, 1.807) is 17.5 Å². The van der Waals surface area contributed by atoms with Gasteiger partial charge in [0, 0.05) is 13.1 Å². The van der Waals surface area contributed by atoms with Gasteiger partial charge in [-0.05, 0) is 49.5 Å². The lowest BCUT2D eigenvalue weighted by Crippen LogP contribution is -2.40. The molecule has 1 unspecified atom stereocenters. The van der Waals surface area contributed by atoms with E-state index in [0.29, 0.717) is 42.7 Å². The van der Waals surface area contributed by atoms with Gasteiger partial charge >= 0.3 is 5.97 Å². The third kappa shape index (κ3) is 4.07. The Hall–Kier alpha value is -1.18. The molecule has 2 heterocycles. The monoisotopic (exact) mass is 369 g/mol. The highest BCUT2D eigenvalue weighted by Gasteiger charge is 2.33. The van der Waals surface area contributed by atoms with E-state index in [1.165, 1.54) is 15.6 Å². The lowest BCUT2D eigenvalue weighted by Gasteiger charge is -2.30. The number of esters is 1. The highest BCUT2D eigenvalue weighted by molar-refractivity contribution is 7.91. The predicted octanol–water partition coefficient (Wildman–Crippen LogP) is 3.05. The number of nitrogens with zero attached hydrogens (tertiary/aromatic N) is 1. The number of allylic oxidation sites excluding steroid dienone is 2. The van der Waals surface area contributed by atoms with Gasteiger partial charge in [-0.3, -0.25) is 4.79 Å². The van der Waals surface area contributed by atoms with Crippen molar-refractivity contribution in [1.82, 2.24) is 4.31 Å². The largest absolute Gasteiger partial charge is 0.465 e. The highest BCUT2D eigenvalue weighted by atomic mass is 32.2. The van der Waals surface area contributed by atoms with Crippen LogP contribution in [0, 0.1) is 11.8 Å². The number of carbonyl (C=O) groups is 1. The summed E-state index contributed by atoms with van der Waals surface area (Å²) in [6.45, 7) is 1.25. The van der Waals surface area contributed by atoms with Crippen molar-refractivity contribution >= 4 is 27.3 Å². The van der Waals surface area contributed by atoms with Gasteiger partial charge in [-0.1, -0.05) is 18.2 Å². The Balaban J connectivity index is 1.48. The third-order valence-electron chi connectivity index (χ3n) is 4.72. The highest BCUT2D eigenvalue weighted by Crippen LogP contribution is 2.27. The molecule has 1 aromatic rings. The number of hydrogen-bond donors (Lipinski definition) is 0. The number of rotatable bonds is 5. The molecule has 0 aromatic carbocycles. The minimum absolute atomic E-state index is 0.169. The maximum absolute atomic E-state index is 12.5. The van der Waals surface area contributed by atoms with Crippen LogP contribution < -0.4 is 0 Å². The van der Waals surface area contributed by atoms with Crippen LogP contribution >= 0.6 is 11.3 Å². The quantitative estimate of drug-likeness (QED) is 0.591. The van der Waals surface area contributed by atoms with Crippen LogP contribution in [0.1, 0.15) is 32.1 Å². The maximum atomic E-state index is 12.5. The van der Waals surface area contributed by atoms with Gasteiger partial charge < -0.3 is 4.74 Å². The standard InChI is InChI=1S/C17H23NO4S2/c19-17(22-13-14-5-2-1-3-6-14)15-8-10-18(11-9-15)24(20,21)16-7-4-12-23-16/h1-2,4,7,12,14-15H,3,5-6,8-11,13H2. The summed E-state index contributed by atoms with van der Waals surface area (Å²) < 4.78 is 32.3. The molecule has 1 aliphatic heterocycles. The summed E-state index contributed by atoms with van der Waals surface area (Å²) >= 11 is 1.23. The third-order valence-corrected chi connectivity index (χ3v) is 7.99. The average Bonchev–Trinajstić information content (AvgIpc) is 3.16. The van der Waals surface area contributed by atoms with Crippen molar-refractivity contribution in [2.45, 2.75) is 36.3 Å². The molecule has 0 radical (unpaired) electrons. The molecule has 1 fully saturated rings. The van der Waals surface area contributed by atoms with Crippen LogP contribution in [0.15, 0.2) is 33.9 Å². The second kappa shape index (κ2) is 7.80. The molecule has 0 amide bonds. The van der Waals surface area contributed by atoms with E-state index in [2.05, 4.69) is 12.2 Å². The average molecular weight is 370 g/mol. The Morgan fingerprint density at radius 2 is 2.04 bits per heavy atom. The van der Waals surface area contributed by atoms with E-state index in [4.69, 9.17) is 4.74 Å². The Bertz CT molecular complexity index is 673. The Kier molecular flexibility index (Phi) is 5.73. The van der Waals surface area contributed by atoms with Crippen molar-refractivity contribution in [2.75, 3.05) is 19.7 Å². The van der Waals surface area contributed by atoms with Crippen LogP contribution in [0.4, 0.5) is 0 Å². The van der Waals surface area contributed by atoms with Crippen LogP contribution in [-0.4, -0.2) is 38.4 Å². The van der Waals surface area contributed by atoms with Crippen LogP contribution in [0.3, 0.4) is 0 Å². The smallest absolute Gasteiger partial charge is 0.309 e. The summed E-state index contributed by atoms with van der Waals surface area (Å²) in [7, 11) is -3.41. The molecule has 5 nitrogen and oxygen atoms in total. The molecule has 0 saturated carbocycles. The van der Waals surface area contributed by atoms with Gasteiger partial charge in [0.15, 0.2) is 0 Å². The van der Waals surface area contributed by atoms with Crippen LogP contribution in [0.5, 0.6) is 0 Å². The molecular formula is C17H23NO4S2. The van der Waals surface area contributed by atoms with Crippen molar-refractivity contribution in [1.29, 1.82) is 0 Å². The molecule has 0 bridgehead atoms. The first kappa shape index (κ1) is 17.6. The molecule has 0 N–H and O–H groups in total. The van der Waals surface area contributed by atoms with E-state index in [-0.39, 0.29) is 11.9 Å². The fraction of sp³-hybridized carbons (Fsp3) is 0.588. The minimum Gasteiger partial charge on any atom is -0.465 e. The van der Waals surface area contributed by atoms with Crippen molar-refractivity contribution in [3.05, 3.63) is 29.7 Å². The van der Waals surface area contributed by atoms with Gasteiger partial charge in [0.2, 0.25) is 0 Å². The topological polar surface area (TPSA) is 63.7 Å². The molecule has 7 heteroatoms. The lowest BCUT2D eigenvalue weighted by molar-refractivity contribution is -0.151. The number of ether oxygens (including phenoxy) is 1. The zero-order valence-corrected chi connectivity index (χ0v) is 15.2.